The molecular weight excluding hydrogens is 402 g/mol. The summed E-state index contributed by atoms with van der Waals surface area (Å²) in [6.07, 6.45) is 8.55. The van der Waals surface area contributed by atoms with E-state index in [1.807, 2.05) is 0 Å². The quantitative estimate of drug-likeness (QED) is 0.472. The maximum absolute atomic E-state index is 14.9. The number of pyridine rings is 1. The summed E-state index contributed by atoms with van der Waals surface area (Å²) < 4.78 is 32.7. The summed E-state index contributed by atoms with van der Waals surface area (Å²) >= 11 is 0. The number of hydrogen-bond donors (Lipinski definition) is 0. The summed E-state index contributed by atoms with van der Waals surface area (Å²) in [6, 6.07) is 6.40. The molecule has 0 bridgehead atoms. The zero-order valence-electron chi connectivity index (χ0n) is 16.5. The number of hydrogen-bond acceptors (Lipinski definition) is 6. The highest BCUT2D eigenvalue weighted by Crippen LogP contribution is 2.29. The summed E-state index contributed by atoms with van der Waals surface area (Å²) in [5.74, 6) is -0.669. The fraction of sp³-hybridized carbons (Fsp3) is 0.286. The van der Waals surface area contributed by atoms with Crippen LogP contribution in [0.1, 0.15) is 30.0 Å². The molecule has 156 valence electrons. The van der Waals surface area contributed by atoms with Gasteiger partial charge in [-0.25, -0.2) is 13.5 Å². The average molecular weight is 420 g/mol. The summed E-state index contributed by atoms with van der Waals surface area (Å²) in [7, 11) is 0. The van der Waals surface area contributed by atoms with Gasteiger partial charge in [0.2, 0.25) is 0 Å². The zero-order valence-corrected chi connectivity index (χ0v) is 16.5. The number of nitrogens with zero attached hydrogens (tertiary/aromatic N) is 8. The molecule has 0 saturated carbocycles. The second-order valence-corrected chi connectivity index (χ2v) is 7.62. The molecule has 4 heterocycles. The maximum atomic E-state index is 14.9. The van der Waals surface area contributed by atoms with Gasteiger partial charge in [0.1, 0.15) is 18.0 Å². The first-order valence-corrected chi connectivity index (χ1v) is 9.93. The van der Waals surface area contributed by atoms with Crippen molar-refractivity contribution in [2.75, 3.05) is 13.1 Å². The van der Waals surface area contributed by atoms with Crippen LogP contribution in [0.25, 0.3) is 16.6 Å². The molecule has 1 saturated heterocycles. The van der Waals surface area contributed by atoms with Crippen LogP contribution in [-0.4, -0.2) is 47.7 Å². The molecule has 0 N–H and O–H groups in total. The van der Waals surface area contributed by atoms with Gasteiger partial charge in [-0.2, -0.15) is 5.26 Å². The smallest absolute Gasteiger partial charge is 0.179 e. The molecule has 0 aliphatic carbocycles. The van der Waals surface area contributed by atoms with Crippen molar-refractivity contribution in [1.82, 2.24) is 34.7 Å². The number of likely N-dealkylation sites (tertiary alicyclic amines) is 1. The Labute approximate surface area is 176 Å². The van der Waals surface area contributed by atoms with Crippen LogP contribution in [0.3, 0.4) is 0 Å². The molecule has 1 aliphatic rings. The lowest BCUT2D eigenvalue weighted by atomic mass is 9.90. The Bertz CT molecular complexity index is 1270. The predicted octanol–water partition coefficient (Wildman–Crippen LogP) is 3.00. The van der Waals surface area contributed by atoms with Crippen molar-refractivity contribution < 1.29 is 8.78 Å². The molecule has 31 heavy (non-hydrogen) atoms. The molecule has 3 aromatic heterocycles. The summed E-state index contributed by atoms with van der Waals surface area (Å²) in [4.78, 5) is 6.05. The molecule has 1 aromatic carbocycles. The molecule has 0 spiro atoms. The van der Waals surface area contributed by atoms with Crippen molar-refractivity contribution in [2.24, 2.45) is 0 Å². The maximum Gasteiger partial charge on any atom is 0.179 e. The minimum Gasteiger partial charge on any atom is -0.339 e. The van der Waals surface area contributed by atoms with Crippen molar-refractivity contribution in [3.05, 3.63) is 65.9 Å². The van der Waals surface area contributed by atoms with E-state index in [1.54, 1.807) is 34.0 Å². The molecule has 1 fully saturated rings. The lowest BCUT2D eigenvalue weighted by molar-refractivity contribution is 0.294. The largest absolute Gasteiger partial charge is 0.339 e. The third-order valence-electron chi connectivity index (χ3n) is 5.78. The van der Waals surface area contributed by atoms with E-state index in [0.29, 0.717) is 29.7 Å². The van der Waals surface area contributed by atoms with Gasteiger partial charge in [0, 0.05) is 36.9 Å². The molecule has 0 radical (unpaired) electrons. The number of benzene rings is 1. The molecule has 0 amide bonds. The van der Waals surface area contributed by atoms with Gasteiger partial charge in [-0.1, -0.05) is 0 Å². The molecule has 8 nitrogen and oxygen atoms in total. The molecule has 0 unspecified atom stereocenters. The van der Waals surface area contributed by atoms with Crippen LogP contribution in [0.4, 0.5) is 8.78 Å². The standard InChI is InChI=1S/C21H18F2N8/c22-18-8-16(14-1-4-29(12-24)5-2-14)10-25-20(18)11-30-6-3-15-7-17(9-19(23)21(15)30)31-13-26-27-28-31/h3,6-10,13-14H,1-2,4-5,11H2. The fourth-order valence-corrected chi connectivity index (χ4v) is 4.12. The normalized spacial score (nSPS) is 14.8. The van der Waals surface area contributed by atoms with Gasteiger partial charge in [-0.05, 0) is 52.9 Å². The number of rotatable bonds is 4. The SMILES string of the molecule is N#CN1CCC(c2cnc(Cn3ccc4cc(-n5cnnn5)cc(F)c43)c(F)c2)CC1. The van der Waals surface area contributed by atoms with E-state index in [-0.39, 0.29) is 18.2 Å². The van der Waals surface area contributed by atoms with Crippen molar-refractivity contribution >= 4 is 10.9 Å². The zero-order chi connectivity index (χ0) is 21.4. The Morgan fingerprint density at radius 1 is 1.13 bits per heavy atom. The van der Waals surface area contributed by atoms with Crippen molar-refractivity contribution in [3.8, 4) is 11.9 Å². The number of tetrazole rings is 1. The monoisotopic (exact) mass is 420 g/mol. The lowest BCUT2D eigenvalue weighted by Gasteiger charge is -2.28. The van der Waals surface area contributed by atoms with Crippen molar-refractivity contribution in [2.45, 2.75) is 25.3 Å². The molecule has 10 heteroatoms. The third kappa shape index (κ3) is 3.59. The van der Waals surface area contributed by atoms with Crippen LogP contribution in [0.15, 0.2) is 43.0 Å². The molecule has 5 rings (SSSR count). The fourth-order valence-electron chi connectivity index (χ4n) is 4.12. The highest BCUT2D eigenvalue weighted by atomic mass is 19.1. The average Bonchev–Trinajstić information content (AvgIpc) is 3.46. The molecule has 4 aromatic rings. The highest BCUT2D eigenvalue weighted by molar-refractivity contribution is 5.83. The Balaban J connectivity index is 1.39. The van der Waals surface area contributed by atoms with E-state index in [4.69, 9.17) is 5.26 Å². The molecular formula is C21H18F2N8. The Morgan fingerprint density at radius 3 is 2.68 bits per heavy atom. The van der Waals surface area contributed by atoms with Crippen LogP contribution in [0.2, 0.25) is 0 Å². The van der Waals surface area contributed by atoms with Crippen LogP contribution in [0, 0.1) is 23.1 Å². The number of aromatic nitrogens is 6. The van der Waals surface area contributed by atoms with Crippen LogP contribution < -0.4 is 0 Å². The van der Waals surface area contributed by atoms with Crippen LogP contribution in [0.5, 0.6) is 0 Å². The van der Waals surface area contributed by atoms with Crippen LogP contribution in [-0.2, 0) is 6.54 Å². The van der Waals surface area contributed by atoms with Crippen molar-refractivity contribution in [3.63, 3.8) is 0 Å². The first-order valence-electron chi connectivity index (χ1n) is 9.93. The van der Waals surface area contributed by atoms with Crippen LogP contribution >= 0.6 is 0 Å². The number of nitriles is 1. The van der Waals surface area contributed by atoms with E-state index >= 15 is 0 Å². The number of fused-ring (bicyclic) bond motifs is 1. The Hall–Kier alpha value is -3.87. The second kappa shape index (κ2) is 7.75. The topological polar surface area (TPSA) is 88.5 Å². The predicted molar refractivity (Wildman–Crippen MR) is 107 cm³/mol. The van der Waals surface area contributed by atoms with Gasteiger partial charge in [0.05, 0.1) is 23.4 Å². The summed E-state index contributed by atoms with van der Waals surface area (Å²) in [6.45, 7) is 1.46. The van der Waals surface area contributed by atoms with Gasteiger partial charge in [0.15, 0.2) is 6.19 Å². The lowest BCUT2D eigenvalue weighted by Crippen LogP contribution is -2.29. The van der Waals surface area contributed by atoms with Gasteiger partial charge in [-0.15, -0.1) is 5.10 Å². The van der Waals surface area contributed by atoms with E-state index < -0.39 is 11.6 Å². The highest BCUT2D eigenvalue weighted by Gasteiger charge is 2.21. The van der Waals surface area contributed by atoms with Gasteiger partial charge in [-0.3, -0.25) is 4.98 Å². The van der Waals surface area contributed by atoms with E-state index in [1.165, 1.54) is 23.1 Å². The van der Waals surface area contributed by atoms with E-state index in [0.717, 1.165) is 18.4 Å². The van der Waals surface area contributed by atoms with Gasteiger partial charge >= 0.3 is 0 Å². The second-order valence-electron chi connectivity index (χ2n) is 7.62. The summed E-state index contributed by atoms with van der Waals surface area (Å²) in [5.41, 5.74) is 1.96. The molecule has 1 aliphatic heterocycles. The minimum atomic E-state index is -0.450. The summed E-state index contributed by atoms with van der Waals surface area (Å²) in [5, 5.41) is 20.5. The Kier molecular flexibility index (Phi) is 4.78. The Morgan fingerprint density at radius 2 is 1.97 bits per heavy atom. The van der Waals surface area contributed by atoms with E-state index in [9.17, 15) is 8.78 Å². The van der Waals surface area contributed by atoms with E-state index in [2.05, 4.69) is 26.7 Å². The first-order chi connectivity index (χ1) is 15.1. The third-order valence-corrected chi connectivity index (χ3v) is 5.78. The number of halogens is 2. The first kappa shape index (κ1) is 19.1. The van der Waals surface area contributed by atoms with Crippen molar-refractivity contribution in [1.29, 1.82) is 5.26 Å². The molecule has 0 atom stereocenters. The number of piperidine rings is 1. The van der Waals surface area contributed by atoms with Gasteiger partial charge < -0.3 is 9.47 Å². The minimum absolute atomic E-state index is 0.115. The van der Waals surface area contributed by atoms with Gasteiger partial charge in [0.25, 0.3) is 0 Å².